The van der Waals surface area contributed by atoms with Gasteiger partial charge in [-0.15, -0.1) is 0 Å². The normalized spacial score (nSPS) is 15.4. The van der Waals surface area contributed by atoms with Crippen LogP contribution in [0.1, 0.15) is 24.8 Å². The van der Waals surface area contributed by atoms with E-state index in [1.54, 1.807) is 7.11 Å². The molecule has 1 aliphatic rings. The molecule has 0 bridgehead atoms. The average Bonchev–Trinajstić information content (AvgIpc) is 2.38. The third-order valence-corrected chi connectivity index (χ3v) is 2.78. The van der Waals surface area contributed by atoms with E-state index in [0.717, 1.165) is 31.1 Å². The van der Waals surface area contributed by atoms with Gasteiger partial charge in [-0.3, -0.25) is 4.99 Å². The largest absolute Gasteiger partial charge is 0.497 e. The van der Waals surface area contributed by atoms with Crippen molar-refractivity contribution in [2.75, 3.05) is 13.7 Å². The van der Waals surface area contributed by atoms with Crippen LogP contribution in [0.5, 0.6) is 5.75 Å². The number of benzene rings is 1. The van der Waals surface area contributed by atoms with Crippen LogP contribution in [0.25, 0.3) is 0 Å². The molecule has 3 heteroatoms. The molecule has 0 saturated carbocycles. The van der Waals surface area contributed by atoms with Gasteiger partial charge in [-0.05, 0) is 30.5 Å². The van der Waals surface area contributed by atoms with E-state index >= 15 is 0 Å². The summed E-state index contributed by atoms with van der Waals surface area (Å²) in [7, 11) is 1.68. The summed E-state index contributed by atoms with van der Waals surface area (Å²) in [5, 5.41) is 3.38. The molecule has 86 valence electrons. The molecule has 3 nitrogen and oxygen atoms in total. The van der Waals surface area contributed by atoms with Crippen molar-refractivity contribution in [2.45, 2.75) is 25.8 Å². The van der Waals surface area contributed by atoms with Crippen LogP contribution in [0.3, 0.4) is 0 Å². The summed E-state index contributed by atoms with van der Waals surface area (Å²) in [5.74, 6) is 2.06. The van der Waals surface area contributed by atoms with E-state index in [1.165, 1.54) is 18.4 Å². The topological polar surface area (TPSA) is 33.6 Å². The number of ether oxygens (including phenoxy) is 1. The Labute approximate surface area is 96.5 Å². The lowest BCUT2D eigenvalue weighted by Gasteiger charge is -2.13. The van der Waals surface area contributed by atoms with Crippen molar-refractivity contribution in [1.29, 1.82) is 0 Å². The van der Waals surface area contributed by atoms with E-state index in [-0.39, 0.29) is 0 Å². The molecule has 16 heavy (non-hydrogen) atoms. The summed E-state index contributed by atoms with van der Waals surface area (Å²) < 4.78 is 5.12. The minimum atomic E-state index is 0.850. The zero-order valence-corrected chi connectivity index (χ0v) is 9.70. The van der Waals surface area contributed by atoms with Gasteiger partial charge in [0.2, 0.25) is 0 Å². The highest BCUT2D eigenvalue weighted by Crippen LogP contribution is 2.11. The second-order valence-corrected chi connectivity index (χ2v) is 3.99. The van der Waals surface area contributed by atoms with E-state index in [1.807, 2.05) is 12.1 Å². The van der Waals surface area contributed by atoms with Crippen molar-refractivity contribution >= 4 is 5.84 Å². The van der Waals surface area contributed by atoms with Gasteiger partial charge in [0, 0.05) is 19.5 Å². The fourth-order valence-electron chi connectivity index (χ4n) is 1.79. The van der Waals surface area contributed by atoms with Gasteiger partial charge in [0.25, 0.3) is 0 Å². The van der Waals surface area contributed by atoms with Gasteiger partial charge < -0.3 is 10.1 Å². The van der Waals surface area contributed by atoms with Gasteiger partial charge in [-0.2, -0.15) is 0 Å². The molecule has 1 aromatic carbocycles. The second kappa shape index (κ2) is 5.54. The Morgan fingerprint density at radius 3 is 2.69 bits per heavy atom. The van der Waals surface area contributed by atoms with E-state index in [2.05, 4.69) is 22.4 Å². The number of hydrogen-bond acceptors (Lipinski definition) is 3. The maximum Gasteiger partial charge on any atom is 0.118 e. The van der Waals surface area contributed by atoms with E-state index < -0.39 is 0 Å². The number of amidine groups is 1. The first-order chi connectivity index (χ1) is 7.88. The number of hydrogen-bond donors (Lipinski definition) is 1. The molecule has 0 radical (unpaired) electrons. The second-order valence-electron chi connectivity index (χ2n) is 3.99. The fourth-order valence-corrected chi connectivity index (χ4v) is 1.79. The highest BCUT2D eigenvalue weighted by Gasteiger charge is 2.04. The molecule has 1 heterocycles. The SMILES string of the molecule is COc1ccc(CNC2=NCCCC2)cc1. The maximum atomic E-state index is 5.12. The molecular weight excluding hydrogens is 200 g/mol. The zero-order chi connectivity index (χ0) is 11.2. The van der Waals surface area contributed by atoms with Crippen molar-refractivity contribution in [3.63, 3.8) is 0 Å². The first-order valence-corrected chi connectivity index (χ1v) is 5.78. The van der Waals surface area contributed by atoms with Gasteiger partial charge >= 0.3 is 0 Å². The van der Waals surface area contributed by atoms with Crippen molar-refractivity contribution in [1.82, 2.24) is 5.32 Å². The number of aliphatic imine (C=N–C) groups is 1. The number of rotatable bonds is 3. The predicted molar refractivity (Wildman–Crippen MR) is 66.0 cm³/mol. The van der Waals surface area contributed by atoms with Crippen LogP contribution in [0, 0.1) is 0 Å². The Kier molecular flexibility index (Phi) is 3.81. The minimum Gasteiger partial charge on any atom is -0.497 e. The first kappa shape index (κ1) is 11.0. The van der Waals surface area contributed by atoms with Crippen LogP contribution in [-0.4, -0.2) is 19.5 Å². The molecule has 0 atom stereocenters. The fraction of sp³-hybridized carbons (Fsp3) is 0.462. The number of nitrogens with zero attached hydrogens (tertiary/aromatic N) is 1. The van der Waals surface area contributed by atoms with Crippen molar-refractivity contribution < 1.29 is 4.74 Å². The molecule has 0 fully saturated rings. The smallest absolute Gasteiger partial charge is 0.118 e. The molecule has 2 rings (SSSR count). The van der Waals surface area contributed by atoms with E-state index in [0.29, 0.717) is 0 Å². The minimum absolute atomic E-state index is 0.850. The summed E-state index contributed by atoms with van der Waals surface area (Å²) in [6.07, 6.45) is 3.58. The molecule has 0 unspecified atom stereocenters. The Balaban J connectivity index is 1.86. The van der Waals surface area contributed by atoms with Gasteiger partial charge in [-0.25, -0.2) is 0 Å². The Bertz CT molecular complexity index is 357. The molecule has 1 aliphatic heterocycles. The van der Waals surface area contributed by atoms with Crippen LogP contribution in [0.2, 0.25) is 0 Å². The molecule has 0 aliphatic carbocycles. The number of nitrogens with one attached hydrogen (secondary N) is 1. The highest BCUT2D eigenvalue weighted by molar-refractivity contribution is 5.82. The monoisotopic (exact) mass is 218 g/mol. The predicted octanol–water partition coefficient (Wildman–Crippen LogP) is 2.37. The standard InChI is InChI=1S/C13H18N2O/c1-16-12-7-5-11(6-8-12)10-15-13-4-2-3-9-14-13/h5-8H,2-4,9-10H2,1H3,(H,14,15). The summed E-state index contributed by atoms with van der Waals surface area (Å²) in [6, 6.07) is 8.13. The Morgan fingerprint density at radius 2 is 2.06 bits per heavy atom. The van der Waals surface area contributed by atoms with Crippen LogP contribution in [0.15, 0.2) is 29.3 Å². The molecule has 0 saturated heterocycles. The molecule has 0 spiro atoms. The lowest BCUT2D eigenvalue weighted by Crippen LogP contribution is -2.25. The van der Waals surface area contributed by atoms with Crippen LogP contribution in [0.4, 0.5) is 0 Å². The maximum absolute atomic E-state index is 5.12. The van der Waals surface area contributed by atoms with E-state index in [4.69, 9.17) is 4.74 Å². The zero-order valence-electron chi connectivity index (χ0n) is 9.70. The third kappa shape index (κ3) is 2.99. The van der Waals surface area contributed by atoms with E-state index in [9.17, 15) is 0 Å². The quantitative estimate of drug-likeness (QED) is 0.845. The first-order valence-electron chi connectivity index (χ1n) is 5.78. The van der Waals surface area contributed by atoms with Gasteiger partial charge in [0.05, 0.1) is 12.9 Å². The Morgan fingerprint density at radius 1 is 1.25 bits per heavy atom. The summed E-state index contributed by atoms with van der Waals surface area (Å²) in [6.45, 7) is 1.83. The highest BCUT2D eigenvalue weighted by atomic mass is 16.5. The van der Waals surface area contributed by atoms with Crippen LogP contribution in [-0.2, 0) is 6.54 Å². The van der Waals surface area contributed by atoms with Crippen molar-refractivity contribution in [3.8, 4) is 5.75 Å². The Hall–Kier alpha value is -1.51. The molecular formula is C13H18N2O. The summed E-state index contributed by atoms with van der Waals surface area (Å²) >= 11 is 0. The average molecular weight is 218 g/mol. The van der Waals surface area contributed by atoms with Gasteiger partial charge in [0.15, 0.2) is 0 Å². The van der Waals surface area contributed by atoms with Crippen molar-refractivity contribution in [2.24, 2.45) is 4.99 Å². The van der Waals surface area contributed by atoms with Gasteiger partial charge in [-0.1, -0.05) is 12.1 Å². The van der Waals surface area contributed by atoms with Crippen molar-refractivity contribution in [3.05, 3.63) is 29.8 Å². The van der Waals surface area contributed by atoms with Crippen LogP contribution >= 0.6 is 0 Å². The number of methoxy groups -OCH3 is 1. The molecule has 1 N–H and O–H groups in total. The van der Waals surface area contributed by atoms with Crippen LogP contribution < -0.4 is 10.1 Å². The summed E-state index contributed by atoms with van der Waals surface area (Å²) in [5.41, 5.74) is 1.26. The molecule has 0 amide bonds. The summed E-state index contributed by atoms with van der Waals surface area (Å²) in [4.78, 5) is 4.46. The lowest BCUT2D eigenvalue weighted by molar-refractivity contribution is 0.414. The third-order valence-electron chi connectivity index (χ3n) is 2.78. The molecule has 1 aromatic rings. The molecule has 0 aromatic heterocycles. The lowest BCUT2D eigenvalue weighted by atomic mass is 10.1. The van der Waals surface area contributed by atoms with Gasteiger partial charge in [0.1, 0.15) is 5.75 Å².